The molecule has 0 bridgehead atoms. The largest absolute Gasteiger partial charge is 0.504 e. The van der Waals surface area contributed by atoms with Crippen LogP contribution >= 0.6 is 0 Å². The molecule has 5 N–H and O–H groups in total. The minimum absolute atomic E-state index is 0.0269. The van der Waals surface area contributed by atoms with Crippen molar-refractivity contribution >= 4 is 5.84 Å². The van der Waals surface area contributed by atoms with E-state index < -0.39 is 0 Å². The second kappa shape index (κ2) is 3.66. The molecule has 70 valence electrons. The lowest BCUT2D eigenvalue weighted by Gasteiger charge is -2.04. The van der Waals surface area contributed by atoms with Crippen molar-refractivity contribution in [1.82, 2.24) is 0 Å². The van der Waals surface area contributed by atoms with Crippen LogP contribution in [-0.4, -0.2) is 21.3 Å². The van der Waals surface area contributed by atoms with Crippen molar-refractivity contribution in [3.63, 3.8) is 0 Å². The minimum atomic E-state index is -0.242. The third-order valence-electron chi connectivity index (χ3n) is 1.60. The SMILES string of the molecule is NC(Cc1cccc(O)c1O)=NO. The van der Waals surface area contributed by atoms with Gasteiger partial charge in [-0.3, -0.25) is 0 Å². The average molecular weight is 182 g/mol. The number of oxime groups is 1. The van der Waals surface area contributed by atoms with Crippen LogP contribution in [-0.2, 0) is 6.42 Å². The predicted octanol–water partition coefficient (Wildman–Crippen LogP) is 0.387. The van der Waals surface area contributed by atoms with Gasteiger partial charge in [0, 0.05) is 12.0 Å². The van der Waals surface area contributed by atoms with Crippen molar-refractivity contribution in [2.75, 3.05) is 0 Å². The number of nitrogens with zero attached hydrogens (tertiary/aromatic N) is 1. The smallest absolute Gasteiger partial charge is 0.161 e. The van der Waals surface area contributed by atoms with E-state index in [2.05, 4.69) is 5.16 Å². The molecule has 0 aliphatic rings. The zero-order valence-corrected chi connectivity index (χ0v) is 6.81. The maximum absolute atomic E-state index is 9.30. The Morgan fingerprint density at radius 1 is 1.38 bits per heavy atom. The van der Waals surface area contributed by atoms with Crippen LogP contribution in [0.5, 0.6) is 11.5 Å². The van der Waals surface area contributed by atoms with Crippen molar-refractivity contribution in [3.05, 3.63) is 23.8 Å². The molecule has 5 nitrogen and oxygen atoms in total. The Hall–Kier alpha value is -1.91. The fourth-order valence-corrected chi connectivity index (χ4v) is 0.951. The van der Waals surface area contributed by atoms with Crippen LogP contribution in [0.25, 0.3) is 0 Å². The molecule has 0 saturated carbocycles. The molecule has 0 saturated heterocycles. The van der Waals surface area contributed by atoms with E-state index in [4.69, 9.17) is 16.0 Å². The summed E-state index contributed by atoms with van der Waals surface area (Å²) < 4.78 is 0. The van der Waals surface area contributed by atoms with E-state index in [1.165, 1.54) is 6.07 Å². The fraction of sp³-hybridized carbons (Fsp3) is 0.125. The van der Waals surface area contributed by atoms with Gasteiger partial charge in [0.25, 0.3) is 0 Å². The summed E-state index contributed by atoms with van der Waals surface area (Å²) in [6.45, 7) is 0. The highest BCUT2D eigenvalue weighted by Crippen LogP contribution is 2.28. The van der Waals surface area contributed by atoms with Gasteiger partial charge in [-0.15, -0.1) is 0 Å². The van der Waals surface area contributed by atoms with Crippen LogP contribution < -0.4 is 5.73 Å². The lowest BCUT2D eigenvalue weighted by molar-refractivity contribution is 0.317. The molecule has 1 aromatic rings. The summed E-state index contributed by atoms with van der Waals surface area (Å²) in [5, 5.41) is 29.4. The molecule has 0 spiro atoms. The van der Waals surface area contributed by atoms with Crippen LogP contribution in [0.2, 0.25) is 0 Å². The molecule has 0 amide bonds. The Morgan fingerprint density at radius 2 is 2.08 bits per heavy atom. The van der Waals surface area contributed by atoms with Gasteiger partial charge in [-0.05, 0) is 6.07 Å². The Kier molecular flexibility index (Phi) is 2.59. The maximum atomic E-state index is 9.30. The number of hydrogen-bond donors (Lipinski definition) is 4. The Balaban J connectivity index is 2.96. The number of para-hydroxylation sites is 1. The maximum Gasteiger partial charge on any atom is 0.161 e. The standard InChI is InChI=1S/C8H10N2O3/c9-7(10-13)4-5-2-1-3-6(11)8(5)12/h1-3,11-13H,4H2,(H2,9,10). The molecule has 5 heteroatoms. The summed E-state index contributed by atoms with van der Waals surface area (Å²) in [6, 6.07) is 4.49. The van der Waals surface area contributed by atoms with Gasteiger partial charge >= 0.3 is 0 Å². The highest BCUT2D eigenvalue weighted by Gasteiger charge is 2.06. The lowest BCUT2D eigenvalue weighted by atomic mass is 10.1. The second-order valence-electron chi connectivity index (χ2n) is 2.55. The number of benzene rings is 1. The summed E-state index contributed by atoms with van der Waals surface area (Å²) in [5.41, 5.74) is 5.64. The van der Waals surface area contributed by atoms with Gasteiger partial charge in [-0.25, -0.2) is 0 Å². The number of aromatic hydroxyl groups is 2. The van der Waals surface area contributed by atoms with Crippen LogP contribution in [0, 0.1) is 0 Å². The molecule has 0 radical (unpaired) electrons. The molecule has 0 aliphatic heterocycles. The molecular formula is C8H10N2O3. The van der Waals surface area contributed by atoms with E-state index in [0.29, 0.717) is 5.56 Å². The van der Waals surface area contributed by atoms with Crippen LogP contribution in [0.3, 0.4) is 0 Å². The molecule has 0 fully saturated rings. The van der Waals surface area contributed by atoms with Crippen molar-refractivity contribution in [2.24, 2.45) is 10.9 Å². The van der Waals surface area contributed by atoms with Gasteiger partial charge in [0.2, 0.25) is 0 Å². The van der Waals surface area contributed by atoms with Gasteiger partial charge in [-0.1, -0.05) is 17.3 Å². The van der Waals surface area contributed by atoms with Crippen molar-refractivity contribution in [1.29, 1.82) is 0 Å². The van der Waals surface area contributed by atoms with Crippen LogP contribution in [0.4, 0.5) is 0 Å². The van der Waals surface area contributed by atoms with Crippen LogP contribution in [0.1, 0.15) is 5.56 Å². The van der Waals surface area contributed by atoms with Crippen molar-refractivity contribution in [3.8, 4) is 11.5 Å². The molecular weight excluding hydrogens is 172 g/mol. The lowest BCUT2D eigenvalue weighted by Crippen LogP contribution is -2.14. The third kappa shape index (κ3) is 2.02. The summed E-state index contributed by atoms with van der Waals surface area (Å²) in [4.78, 5) is 0. The Labute approximate surface area is 74.7 Å². The van der Waals surface area contributed by atoms with Crippen molar-refractivity contribution < 1.29 is 15.4 Å². The Morgan fingerprint density at radius 3 is 2.69 bits per heavy atom. The normalized spacial score (nSPS) is 11.5. The van der Waals surface area contributed by atoms with E-state index in [9.17, 15) is 5.11 Å². The van der Waals surface area contributed by atoms with E-state index >= 15 is 0 Å². The predicted molar refractivity (Wildman–Crippen MR) is 46.9 cm³/mol. The molecule has 0 aromatic heterocycles. The van der Waals surface area contributed by atoms with Gasteiger partial charge in [0.05, 0.1) is 0 Å². The first-order valence-electron chi connectivity index (χ1n) is 3.61. The van der Waals surface area contributed by atoms with Gasteiger partial charge in [0.15, 0.2) is 11.5 Å². The molecule has 0 atom stereocenters. The number of rotatable bonds is 2. The van der Waals surface area contributed by atoms with Gasteiger partial charge in [-0.2, -0.15) is 0 Å². The van der Waals surface area contributed by atoms with Crippen LogP contribution in [0.15, 0.2) is 23.4 Å². The molecule has 1 rings (SSSR count). The number of phenols is 2. The number of phenolic OH excluding ortho intramolecular Hbond substituents is 2. The van der Waals surface area contributed by atoms with E-state index in [1.54, 1.807) is 12.1 Å². The highest BCUT2D eigenvalue weighted by atomic mass is 16.4. The van der Waals surface area contributed by atoms with Gasteiger partial charge in [0.1, 0.15) is 5.84 Å². The first-order valence-corrected chi connectivity index (χ1v) is 3.61. The molecule has 0 heterocycles. The molecule has 13 heavy (non-hydrogen) atoms. The average Bonchev–Trinajstić information content (AvgIpc) is 2.13. The highest BCUT2D eigenvalue weighted by molar-refractivity contribution is 5.82. The Bertz CT molecular complexity index is 336. The zero-order chi connectivity index (χ0) is 9.84. The number of nitrogens with two attached hydrogens (primary N) is 1. The summed E-state index contributed by atoms with van der Waals surface area (Å²) in [5.74, 6) is -0.488. The second-order valence-corrected chi connectivity index (χ2v) is 2.55. The summed E-state index contributed by atoms with van der Waals surface area (Å²) in [7, 11) is 0. The van der Waals surface area contributed by atoms with E-state index in [-0.39, 0.29) is 23.8 Å². The molecule has 1 aromatic carbocycles. The quantitative estimate of drug-likeness (QED) is 0.175. The first kappa shape index (κ1) is 9.18. The number of amidine groups is 1. The first-order chi connectivity index (χ1) is 6.15. The fourth-order valence-electron chi connectivity index (χ4n) is 0.951. The summed E-state index contributed by atoms with van der Waals surface area (Å²) >= 11 is 0. The van der Waals surface area contributed by atoms with E-state index in [1.807, 2.05) is 0 Å². The third-order valence-corrected chi connectivity index (χ3v) is 1.60. The van der Waals surface area contributed by atoms with E-state index in [0.717, 1.165) is 0 Å². The van der Waals surface area contributed by atoms with Gasteiger partial charge < -0.3 is 21.2 Å². The monoisotopic (exact) mass is 182 g/mol. The van der Waals surface area contributed by atoms with Crippen molar-refractivity contribution in [2.45, 2.75) is 6.42 Å². The minimum Gasteiger partial charge on any atom is -0.504 e. The number of hydrogen-bond acceptors (Lipinski definition) is 4. The molecule has 0 unspecified atom stereocenters. The topological polar surface area (TPSA) is 99.1 Å². The summed E-state index contributed by atoms with van der Waals surface area (Å²) in [6.07, 6.45) is 0.0940. The zero-order valence-electron chi connectivity index (χ0n) is 6.81. The molecule has 0 aliphatic carbocycles.